The van der Waals surface area contributed by atoms with Gasteiger partial charge in [0.25, 0.3) is 0 Å². The second-order valence-corrected chi connectivity index (χ2v) is 5.45. The van der Waals surface area contributed by atoms with E-state index in [0.717, 1.165) is 5.56 Å². The number of aryl methyl sites for hydroxylation is 1. The van der Waals surface area contributed by atoms with Gasteiger partial charge in [-0.1, -0.05) is 42.8 Å². The first kappa shape index (κ1) is 15.9. The highest BCUT2D eigenvalue weighted by Gasteiger charge is 2.17. The normalized spacial score (nSPS) is 12.4. The van der Waals surface area contributed by atoms with Crippen molar-refractivity contribution in [3.05, 3.63) is 69.7 Å². The molecule has 0 aromatic heterocycles. The molecule has 2 aromatic rings. The molecule has 0 heterocycles. The number of benzene rings is 2. The molecule has 0 bridgehead atoms. The fourth-order valence-electron chi connectivity index (χ4n) is 2.38. The lowest BCUT2D eigenvalue weighted by Gasteiger charge is -2.20. The first-order chi connectivity index (χ1) is 10.0. The Labute approximate surface area is 128 Å². The number of nitrogens with one attached hydrogen (secondary N) is 1. The highest BCUT2D eigenvalue weighted by molar-refractivity contribution is 6.30. The van der Waals surface area contributed by atoms with Gasteiger partial charge in [-0.3, -0.25) is 0 Å². The summed E-state index contributed by atoms with van der Waals surface area (Å²) in [5.41, 5.74) is 2.11. The van der Waals surface area contributed by atoms with Crippen LogP contribution < -0.4 is 5.32 Å². The van der Waals surface area contributed by atoms with E-state index in [2.05, 4.69) is 5.32 Å². The van der Waals surface area contributed by atoms with Gasteiger partial charge in [0.15, 0.2) is 0 Å². The predicted molar refractivity (Wildman–Crippen MR) is 82.7 cm³/mol. The van der Waals surface area contributed by atoms with E-state index < -0.39 is 5.82 Å². The van der Waals surface area contributed by atoms with Gasteiger partial charge in [-0.05, 0) is 43.1 Å². The summed E-state index contributed by atoms with van der Waals surface area (Å²) in [5, 5.41) is 3.36. The third-order valence-corrected chi connectivity index (χ3v) is 3.76. The average molecular weight is 310 g/mol. The SMILES string of the molecule is CCNC(Cc1ccc(F)c(Cl)c1)c1cccc(C)c1F. The average Bonchev–Trinajstić information content (AvgIpc) is 2.45. The molecule has 1 N–H and O–H groups in total. The van der Waals surface area contributed by atoms with Crippen molar-refractivity contribution in [3.63, 3.8) is 0 Å². The second kappa shape index (κ2) is 7.01. The molecule has 0 fully saturated rings. The molecular formula is C17H18ClF2N. The maximum Gasteiger partial charge on any atom is 0.141 e. The van der Waals surface area contributed by atoms with E-state index in [1.54, 1.807) is 31.2 Å². The summed E-state index contributed by atoms with van der Waals surface area (Å²) in [6.45, 7) is 4.43. The second-order valence-electron chi connectivity index (χ2n) is 5.04. The van der Waals surface area contributed by atoms with Crippen LogP contribution in [0.5, 0.6) is 0 Å². The molecule has 0 aliphatic rings. The lowest BCUT2D eigenvalue weighted by atomic mass is 9.97. The van der Waals surface area contributed by atoms with Crippen molar-refractivity contribution < 1.29 is 8.78 Å². The quantitative estimate of drug-likeness (QED) is 0.835. The summed E-state index contributed by atoms with van der Waals surface area (Å²) in [7, 11) is 0. The largest absolute Gasteiger partial charge is 0.310 e. The number of hydrogen-bond donors (Lipinski definition) is 1. The molecule has 1 nitrogen and oxygen atoms in total. The third-order valence-electron chi connectivity index (χ3n) is 3.47. The Morgan fingerprint density at radius 1 is 1.19 bits per heavy atom. The predicted octanol–water partition coefficient (Wildman–Crippen LogP) is 4.82. The van der Waals surface area contributed by atoms with Crippen molar-refractivity contribution in [3.8, 4) is 0 Å². The molecule has 0 radical (unpaired) electrons. The zero-order valence-electron chi connectivity index (χ0n) is 12.1. The molecule has 0 saturated carbocycles. The van der Waals surface area contributed by atoms with E-state index >= 15 is 0 Å². The molecule has 0 aliphatic heterocycles. The standard InChI is InChI=1S/C17H18ClF2N/c1-3-21-16(13-6-4-5-11(2)17(13)20)10-12-7-8-15(19)14(18)9-12/h4-9,16,21H,3,10H2,1-2H3. The zero-order valence-corrected chi connectivity index (χ0v) is 12.8. The van der Waals surface area contributed by atoms with Crippen molar-refractivity contribution in [2.24, 2.45) is 0 Å². The highest BCUT2D eigenvalue weighted by Crippen LogP contribution is 2.25. The molecule has 2 aromatic carbocycles. The minimum Gasteiger partial charge on any atom is -0.310 e. The Bertz CT molecular complexity index is 628. The van der Waals surface area contributed by atoms with Crippen LogP contribution in [-0.2, 0) is 6.42 Å². The topological polar surface area (TPSA) is 12.0 Å². The van der Waals surface area contributed by atoms with Gasteiger partial charge in [0.1, 0.15) is 11.6 Å². The van der Waals surface area contributed by atoms with Gasteiger partial charge in [-0.25, -0.2) is 8.78 Å². The van der Waals surface area contributed by atoms with Gasteiger partial charge in [0.05, 0.1) is 5.02 Å². The van der Waals surface area contributed by atoms with E-state index in [9.17, 15) is 8.78 Å². The maximum absolute atomic E-state index is 14.3. The third kappa shape index (κ3) is 3.80. The van der Waals surface area contributed by atoms with Gasteiger partial charge in [-0.2, -0.15) is 0 Å². The number of hydrogen-bond acceptors (Lipinski definition) is 1. The highest BCUT2D eigenvalue weighted by atomic mass is 35.5. The van der Waals surface area contributed by atoms with Crippen LogP contribution in [-0.4, -0.2) is 6.54 Å². The van der Waals surface area contributed by atoms with Crippen LogP contribution in [0, 0.1) is 18.6 Å². The summed E-state index contributed by atoms with van der Waals surface area (Å²) in [6, 6.07) is 9.81. The van der Waals surface area contributed by atoms with Crippen LogP contribution in [0.15, 0.2) is 36.4 Å². The van der Waals surface area contributed by atoms with Crippen LogP contribution in [0.4, 0.5) is 8.78 Å². The van der Waals surface area contributed by atoms with Gasteiger partial charge < -0.3 is 5.32 Å². The molecule has 1 unspecified atom stereocenters. The Kier molecular flexibility index (Phi) is 5.32. The zero-order chi connectivity index (χ0) is 15.4. The van der Waals surface area contributed by atoms with Gasteiger partial charge in [0, 0.05) is 11.6 Å². The number of rotatable bonds is 5. The summed E-state index contributed by atoms with van der Waals surface area (Å²) < 4.78 is 27.5. The molecule has 21 heavy (non-hydrogen) atoms. The van der Waals surface area contributed by atoms with E-state index in [1.165, 1.54) is 6.07 Å². The molecule has 4 heteroatoms. The van der Waals surface area contributed by atoms with E-state index in [4.69, 9.17) is 11.6 Å². The van der Waals surface area contributed by atoms with Crippen LogP contribution in [0.25, 0.3) is 0 Å². The summed E-state index contributed by atoms with van der Waals surface area (Å²) >= 11 is 5.81. The van der Waals surface area contributed by atoms with Crippen LogP contribution in [0.2, 0.25) is 5.02 Å². The summed E-state index contributed by atoms with van der Waals surface area (Å²) in [5.74, 6) is -0.640. The van der Waals surface area contributed by atoms with Crippen molar-refractivity contribution >= 4 is 11.6 Å². The van der Waals surface area contributed by atoms with E-state index in [-0.39, 0.29) is 16.9 Å². The van der Waals surface area contributed by atoms with Crippen LogP contribution in [0.3, 0.4) is 0 Å². The fourth-order valence-corrected chi connectivity index (χ4v) is 2.58. The fraction of sp³-hybridized carbons (Fsp3) is 0.294. The smallest absolute Gasteiger partial charge is 0.141 e. The van der Waals surface area contributed by atoms with Crippen LogP contribution >= 0.6 is 11.6 Å². The van der Waals surface area contributed by atoms with Gasteiger partial charge in [-0.15, -0.1) is 0 Å². The lowest BCUT2D eigenvalue weighted by molar-refractivity contribution is 0.506. The number of halogens is 3. The van der Waals surface area contributed by atoms with Gasteiger partial charge >= 0.3 is 0 Å². The molecule has 0 amide bonds. The maximum atomic E-state index is 14.3. The van der Waals surface area contributed by atoms with Crippen LogP contribution in [0.1, 0.15) is 29.7 Å². The van der Waals surface area contributed by atoms with Crippen molar-refractivity contribution in [2.75, 3.05) is 6.54 Å². The molecule has 1 atom stereocenters. The first-order valence-electron chi connectivity index (χ1n) is 6.95. The monoisotopic (exact) mass is 309 g/mol. The number of likely N-dealkylation sites (N-methyl/N-ethyl adjacent to an activating group) is 1. The van der Waals surface area contributed by atoms with E-state index in [0.29, 0.717) is 24.1 Å². The minimum atomic E-state index is -0.442. The Hall–Kier alpha value is -1.45. The molecular weight excluding hydrogens is 292 g/mol. The van der Waals surface area contributed by atoms with E-state index in [1.807, 2.05) is 13.0 Å². The Morgan fingerprint density at radius 3 is 2.62 bits per heavy atom. The Morgan fingerprint density at radius 2 is 1.95 bits per heavy atom. The summed E-state index contributed by atoms with van der Waals surface area (Å²) in [6.07, 6.45) is 0.550. The molecule has 112 valence electrons. The van der Waals surface area contributed by atoms with Crippen molar-refractivity contribution in [2.45, 2.75) is 26.3 Å². The molecule has 0 aliphatic carbocycles. The van der Waals surface area contributed by atoms with Crippen molar-refractivity contribution in [1.29, 1.82) is 0 Å². The molecule has 0 saturated heterocycles. The summed E-state index contributed by atoms with van der Waals surface area (Å²) in [4.78, 5) is 0. The first-order valence-corrected chi connectivity index (χ1v) is 7.33. The Balaban J connectivity index is 2.30. The van der Waals surface area contributed by atoms with Gasteiger partial charge in [0.2, 0.25) is 0 Å². The molecule has 0 spiro atoms. The lowest BCUT2D eigenvalue weighted by Crippen LogP contribution is -2.24. The van der Waals surface area contributed by atoms with Crippen molar-refractivity contribution in [1.82, 2.24) is 5.32 Å². The minimum absolute atomic E-state index is 0.0902. The molecule has 2 rings (SSSR count).